The van der Waals surface area contributed by atoms with Gasteiger partial charge in [-0.1, -0.05) is 0 Å². The Morgan fingerprint density at radius 3 is 2.35 bits per heavy atom. The predicted octanol–water partition coefficient (Wildman–Crippen LogP) is 2.81. The van der Waals surface area contributed by atoms with Gasteiger partial charge in [-0.05, 0) is 51.0 Å². The quantitative estimate of drug-likeness (QED) is 0.857. The topological polar surface area (TPSA) is 49.4 Å². The van der Waals surface area contributed by atoms with Crippen LogP contribution in [-0.4, -0.2) is 41.7 Å². The maximum atomic E-state index is 12.9. The van der Waals surface area contributed by atoms with Crippen molar-refractivity contribution in [3.05, 3.63) is 35.6 Å². The second-order valence-electron chi connectivity index (χ2n) is 6.56. The standard InChI is InChI=1S/C17H22ClFN2O2/c1-17(2,11-18)16(23)21-9-7-14(8-10-21)20-15(22)12-3-5-13(19)6-4-12/h3-6,14H,7-11H2,1-2H3,(H,20,22). The van der Waals surface area contributed by atoms with Crippen molar-refractivity contribution in [2.24, 2.45) is 5.41 Å². The number of nitrogens with zero attached hydrogens (tertiary/aromatic N) is 1. The summed E-state index contributed by atoms with van der Waals surface area (Å²) in [6, 6.07) is 5.49. The van der Waals surface area contributed by atoms with Crippen molar-refractivity contribution in [3.63, 3.8) is 0 Å². The molecule has 2 amide bonds. The minimum Gasteiger partial charge on any atom is -0.349 e. The van der Waals surface area contributed by atoms with E-state index in [4.69, 9.17) is 11.6 Å². The minimum absolute atomic E-state index is 0.0238. The van der Waals surface area contributed by atoms with Crippen LogP contribution in [0.2, 0.25) is 0 Å². The molecule has 0 atom stereocenters. The molecule has 0 spiro atoms. The second-order valence-corrected chi connectivity index (χ2v) is 6.83. The Hall–Kier alpha value is -1.62. The Morgan fingerprint density at radius 1 is 1.26 bits per heavy atom. The van der Waals surface area contributed by atoms with E-state index >= 15 is 0 Å². The molecule has 1 saturated heterocycles. The number of likely N-dealkylation sites (tertiary alicyclic amines) is 1. The molecule has 0 unspecified atom stereocenters. The first-order chi connectivity index (χ1) is 10.8. The molecule has 1 N–H and O–H groups in total. The molecule has 4 nitrogen and oxygen atoms in total. The van der Waals surface area contributed by atoms with Crippen molar-refractivity contribution >= 4 is 23.4 Å². The number of amides is 2. The summed E-state index contributed by atoms with van der Waals surface area (Å²) in [6.07, 6.45) is 1.41. The molecule has 0 saturated carbocycles. The number of nitrogens with one attached hydrogen (secondary N) is 1. The summed E-state index contributed by atoms with van der Waals surface area (Å²) in [4.78, 5) is 26.3. The van der Waals surface area contributed by atoms with E-state index in [-0.39, 0.29) is 29.6 Å². The summed E-state index contributed by atoms with van der Waals surface area (Å²) in [6.45, 7) is 4.89. The van der Waals surface area contributed by atoms with Crippen molar-refractivity contribution in [2.45, 2.75) is 32.7 Å². The fourth-order valence-corrected chi connectivity index (χ4v) is 2.70. The number of alkyl halides is 1. The Kier molecular flexibility index (Phi) is 5.63. The van der Waals surface area contributed by atoms with E-state index in [1.165, 1.54) is 24.3 Å². The highest BCUT2D eigenvalue weighted by atomic mass is 35.5. The average molecular weight is 341 g/mol. The Labute approximate surface area is 141 Å². The number of benzene rings is 1. The molecule has 23 heavy (non-hydrogen) atoms. The van der Waals surface area contributed by atoms with Crippen molar-refractivity contribution in [2.75, 3.05) is 19.0 Å². The van der Waals surface area contributed by atoms with Gasteiger partial charge in [-0.3, -0.25) is 9.59 Å². The Balaban J connectivity index is 1.86. The van der Waals surface area contributed by atoms with E-state index < -0.39 is 5.41 Å². The molecule has 0 bridgehead atoms. The third-order valence-corrected chi connectivity index (χ3v) is 4.80. The lowest BCUT2D eigenvalue weighted by molar-refractivity contribution is -0.140. The molecule has 0 aromatic heterocycles. The monoisotopic (exact) mass is 340 g/mol. The molecule has 1 aromatic carbocycles. The Bertz CT molecular complexity index is 566. The van der Waals surface area contributed by atoms with Gasteiger partial charge in [0.15, 0.2) is 0 Å². The van der Waals surface area contributed by atoms with E-state index in [0.29, 0.717) is 31.5 Å². The maximum Gasteiger partial charge on any atom is 0.251 e. The van der Waals surface area contributed by atoms with Gasteiger partial charge in [0, 0.05) is 30.6 Å². The van der Waals surface area contributed by atoms with Gasteiger partial charge in [0.1, 0.15) is 5.82 Å². The van der Waals surface area contributed by atoms with E-state index in [1.807, 2.05) is 18.7 Å². The Morgan fingerprint density at radius 2 is 1.83 bits per heavy atom. The van der Waals surface area contributed by atoms with Gasteiger partial charge >= 0.3 is 0 Å². The van der Waals surface area contributed by atoms with Crippen LogP contribution in [0.15, 0.2) is 24.3 Å². The van der Waals surface area contributed by atoms with Gasteiger partial charge in [0.2, 0.25) is 5.91 Å². The summed E-state index contributed by atoms with van der Waals surface area (Å²) >= 11 is 5.85. The minimum atomic E-state index is -0.564. The van der Waals surface area contributed by atoms with Crippen LogP contribution < -0.4 is 5.32 Å². The highest BCUT2D eigenvalue weighted by Crippen LogP contribution is 2.23. The van der Waals surface area contributed by atoms with Crippen LogP contribution in [0.25, 0.3) is 0 Å². The van der Waals surface area contributed by atoms with Crippen LogP contribution in [0, 0.1) is 11.2 Å². The van der Waals surface area contributed by atoms with Gasteiger partial charge in [-0.2, -0.15) is 0 Å². The van der Waals surface area contributed by atoms with Crippen molar-refractivity contribution in [3.8, 4) is 0 Å². The van der Waals surface area contributed by atoms with Crippen LogP contribution in [-0.2, 0) is 4.79 Å². The molecule has 0 radical (unpaired) electrons. The largest absolute Gasteiger partial charge is 0.349 e. The van der Waals surface area contributed by atoms with Crippen LogP contribution in [0.1, 0.15) is 37.0 Å². The third-order valence-electron chi connectivity index (χ3n) is 4.14. The molecular formula is C17H22ClFN2O2. The molecule has 1 aliphatic heterocycles. The zero-order valence-electron chi connectivity index (χ0n) is 13.4. The highest BCUT2D eigenvalue weighted by Gasteiger charge is 2.33. The van der Waals surface area contributed by atoms with E-state index in [0.717, 1.165) is 0 Å². The molecule has 0 aliphatic carbocycles. The third kappa shape index (κ3) is 4.44. The normalized spacial score (nSPS) is 16.3. The van der Waals surface area contributed by atoms with Gasteiger partial charge in [0.25, 0.3) is 5.91 Å². The van der Waals surface area contributed by atoms with Gasteiger partial charge in [-0.15, -0.1) is 11.6 Å². The summed E-state index contributed by atoms with van der Waals surface area (Å²) in [7, 11) is 0. The first kappa shape index (κ1) is 17.7. The molecule has 2 rings (SSSR count). The van der Waals surface area contributed by atoms with Crippen LogP contribution in [0.5, 0.6) is 0 Å². The van der Waals surface area contributed by atoms with Crippen LogP contribution >= 0.6 is 11.6 Å². The molecule has 6 heteroatoms. The summed E-state index contributed by atoms with van der Waals surface area (Å²) in [5, 5.41) is 2.94. The summed E-state index contributed by atoms with van der Waals surface area (Å²) < 4.78 is 12.9. The number of rotatable bonds is 4. The second kappa shape index (κ2) is 7.30. The van der Waals surface area contributed by atoms with Crippen molar-refractivity contribution in [1.29, 1.82) is 0 Å². The number of hydrogen-bond acceptors (Lipinski definition) is 2. The fraction of sp³-hybridized carbons (Fsp3) is 0.529. The SMILES string of the molecule is CC(C)(CCl)C(=O)N1CCC(NC(=O)c2ccc(F)cc2)CC1. The lowest BCUT2D eigenvalue weighted by Gasteiger charge is -2.36. The smallest absolute Gasteiger partial charge is 0.251 e. The molecule has 1 heterocycles. The number of carbonyl (C=O) groups excluding carboxylic acids is 2. The van der Waals surface area contributed by atoms with Gasteiger partial charge in [-0.25, -0.2) is 4.39 Å². The highest BCUT2D eigenvalue weighted by molar-refractivity contribution is 6.19. The van der Waals surface area contributed by atoms with E-state index in [1.54, 1.807) is 0 Å². The van der Waals surface area contributed by atoms with E-state index in [9.17, 15) is 14.0 Å². The maximum absolute atomic E-state index is 12.9. The zero-order chi connectivity index (χ0) is 17.0. The van der Waals surface area contributed by atoms with Crippen LogP contribution in [0.4, 0.5) is 4.39 Å². The zero-order valence-corrected chi connectivity index (χ0v) is 14.2. The fourth-order valence-electron chi connectivity index (χ4n) is 2.58. The molecule has 1 fully saturated rings. The molecule has 1 aromatic rings. The van der Waals surface area contributed by atoms with Crippen molar-refractivity contribution in [1.82, 2.24) is 10.2 Å². The lowest BCUT2D eigenvalue weighted by atomic mass is 9.92. The van der Waals surface area contributed by atoms with E-state index in [2.05, 4.69) is 5.32 Å². The van der Waals surface area contributed by atoms with Crippen molar-refractivity contribution < 1.29 is 14.0 Å². The first-order valence-corrected chi connectivity index (χ1v) is 8.29. The lowest BCUT2D eigenvalue weighted by Crippen LogP contribution is -2.50. The summed E-state index contributed by atoms with van der Waals surface area (Å²) in [5.74, 6) is -0.241. The number of carbonyl (C=O) groups is 2. The number of halogens is 2. The first-order valence-electron chi connectivity index (χ1n) is 7.75. The van der Waals surface area contributed by atoms with Gasteiger partial charge < -0.3 is 10.2 Å². The molecule has 126 valence electrons. The molecule has 1 aliphatic rings. The van der Waals surface area contributed by atoms with Gasteiger partial charge in [0.05, 0.1) is 5.41 Å². The number of hydrogen-bond donors (Lipinski definition) is 1. The predicted molar refractivity (Wildman–Crippen MR) is 88.0 cm³/mol. The molecular weight excluding hydrogens is 319 g/mol. The summed E-state index contributed by atoms with van der Waals surface area (Å²) in [5.41, 5.74) is -0.126. The number of piperidine rings is 1. The van der Waals surface area contributed by atoms with Crippen LogP contribution in [0.3, 0.4) is 0 Å². The average Bonchev–Trinajstić information content (AvgIpc) is 2.55.